The maximum atomic E-state index is 7.95. The first-order chi connectivity index (χ1) is 6.61. The lowest BCUT2D eigenvalue weighted by molar-refractivity contribution is 0.423. The van der Waals surface area contributed by atoms with Crippen molar-refractivity contribution in [3.63, 3.8) is 0 Å². The summed E-state index contributed by atoms with van der Waals surface area (Å²) in [5.74, 6) is 1.18. The van der Waals surface area contributed by atoms with Crippen LogP contribution in [0.15, 0.2) is 30.3 Å². The quantitative estimate of drug-likeness (QED) is 0.575. The first-order valence-corrected chi connectivity index (χ1v) is 4.96. The van der Waals surface area contributed by atoms with Crippen molar-refractivity contribution in [2.45, 2.75) is 13.8 Å². The van der Waals surface area contributed by atoms with Gasteiger partial charge >= 0.3 is 0 Å². The van der Waals surface area contributed by atoms with Gasteiger partial charge in [0.25, 0.3) is 0 Å². The second kappa shape index (κ2) is 4.80. The van der Waals surface area contributed by atoms with Crippen LogP contribution in [0.3, 0.4) is 0 Å². The van der Waals surface area contributed by atoms with E-state index in [4.69, 9.17) is 5.41 Å². The van der Waals surface area contributed by atoms with Gasteiger partial charge in [-0.1, -0.05) is 44.2 Å². The van der Waals surface area contributed by atoms with Gasteiger partial charge in [-0.3, -0.25) is 5.41 Å². The molecule has 0 aromatic heterocycles. The predicted octanol–water partition coefficient (Wildman–Crippen LogP) is 2.60. The number of hydrogen-bond donors (Lipinski definition) is 1. The Labute approximate surface area is 86.1 Å². The third kappa shape index (κ3) is 2.87. The van der Waals surface area contributed by atoms with Gasteiger partial charge in [0, 0.05) is 19.2 Å². The van der Waals surface area contributed by atoms with Crippen LogP contribution in [0.1, 0.15) is 19.4 Å². The van der Waals surface area contributed by atoms with Crippen LogP contribution in [0.5, 0.6) is 0 Å². The Hall–Kier alpha value is -1.31. The first kappa shape index (κ1) is 10.8. The summed E-state index contributed by atoms with van der Waals surface area (Å²) in [6.07, 6.45) is 0. The molecule has 1 aromatic carbocycles. The molecule has 2 nitrogen and oxygen atoms in total. The molecule has 0 saturated carbocycles. The maximum absolute atomic E-state index is 7.95. The highest BCUT2D eigenvalue weighted by Gasteiger charge is 2.07. The molecular weight excluding hydrogens is 172 g/mol. The fraction of sp³-hybridized carbons (Fsp3) is 0.417. The molecule has 0 saturated heterocycles. The summed E-state index contributed by atoms with van der Waals surface area (Å²) >= 11 is 0. The second-order valence-electron chi connectivity index (χ2n) is 3.99. The smallest absolute Gasteiger partial charge is 0.127 e. The van der Waals surface area contributed by atoms with Crippen LogP contribution in [0.4, 0.5) is 0 Å². The van der Waals surface area contributed by atoms with Crippen LogP contribution in [-0.2, 0) is 0 Å². The fourth-order valence-electron chi connectivity index (χ4n) is 1.46. The third-order valence-corrected chi connectivity index (χ3v) is 2.07. The van der Waals surface area contributed by atoms with E-state index in [0.29, 0.717) is 11.8 Å². The van der Waals surface area contributed by atoms with Gasteiger partial charge in [-0.2, -0.15) is 0 Å². The zero-order valence-electron chi connectivity index (χ0n) is 9.12. The zero-order chi connectivity index (χ0) is 10.6. The lowest BCUT2D eigenvalue weighted by Crippen LogP contribution is -2.30. The Morgan fingerprint density at radius 1 is 1.29 bits per heavy atom. The standard InChI is InChI=1S/C12H18N2/c1-10(2)9-14(3)12(13)11-7-5-4-6-8-11/h4-8,10,13H,9H2,1-3H3. The molecule has 2 heteroatoms. The minimum absolute atomic E-state index is 0.587. The molecule has 0 spiro atoms. The molecule has 0 atom stereocenters. The maximum Gasteiger partial charge on any atom is 0.127 e. The largest absolute Gasteiger partial charge is 0.359 e. The number of amidine groups is 1. The van der Waals surface area contributed by atoms with Gasteiger partial charge in [0.05, 0.1) is 0 Å². The van der Waals surface area contributed by atoms with E-state index in [1.54, 1.807) is 0 Å². The van der Waals surface area contributed by atoms with Crippen LogP contribution < -0.4 is 0 Å². The highest BCUT2D eigenvalue weighted by Crippen LogP contribution is 2.04. The molecule has 0 radical (unpaired) electrons. The van der Waals surface area contributed by atoms with E-state index >= 15 is 0 Å². The molecule has 1 aromatic rings. The summed E-state index contributed by atoms with van der Waals surface area (Å²) in [5.41, 5.74) is 0.982. The number of hydrogen-bond acceptors (Lipinski definition) is 1. The van der Waals surface area contributed by atoms with Crippen LogP contribution in [0.25, 0.3) is 0 Å². The Kier molecular flexibility index (Phi) is 3.69. The Balaban J connectivity index is 2.66. The summed E-state index contributed by atoms with van der Waals surface area (Å²) in [5, 5.41) is 7.95. The normalized spacial score (nSPS) is 10.3. The molecule has 0 bridgehead atoms. The number of nitrogens with one attached hydrogen (secondary N) is 1. The van der Waals surface area contributed by atoms with E-state index in [0.717, 1.165) is 12.1 Å². The van der Waals surface area contributed by atoms with Crippen molar-refractivity contribution in [2.75, 3.05) is 13.6 Å². The molecule has 0 heterocycles. The summed E-state index contributed by atoms with van der Waals surface area (Å²) in [7, 11) is 1.97. The SMILES string of the molecule is CC(C)CN(C)C(=N)c1ccccc1. The highest BCUT2D eigenvalue weighted by molar-refractivity contribution is 5.96. The summed E-state index contributed by atoms with van der Waals surface area (Å²) < 4.78 is 0. The van der Waals surface area contributed by atoms with Crippen molar-refractivity contribution in [2.24, 2.45) is 5.92 Å². The lowest BCUT2D eigenvalue weighted by Gasteiger charge is -2.21. The van der Waals surface area contributed by atoms with Gasteiger partial charge in [-0.15, -0.1) is 0 Å². The zero-order valence-corrected chi connectivity index (χ0v) is 9.12. The molecular formula is C12H18N2. The Morgan fingerprint density at radius 2 is 1.86 bits per heavy atom. The molecule has 0 fully saturated rings. The predicted molar refractivity (Wildman–Crippen MR) is 60.7 cm³/mol. The number of rotatable bonds is 3. The first-order valence-electron chi connectivity index (χ1n) is 4.96. The van der Waals surface area contributed by atoms with E-state index in [9.17, 15) is 0 Å². The van der Waals surface area contributed by atoms with Crippen LogP contribution in [-0.4, -0.2) is 24.3 Å². The van der Waals surface area contributed by atoms with Crippen molar-refractivity contribution in [1.82, 2.24) is 4.90 Å². The Morgan fingerprint density at radius 3 is 2.36 bits per heavy atom. The molecule has 0 aliphatic heterocycles. The van der Waals surface area contributed by atoms with Crippen LogP contribution in [0, 0.1) is 11.3 Å². The fourth-order valence-corrected chi connectivity index (χ4v) is 1.46. The minimum Gasteiger partial charge on any atom is -0.359 e. The van der Waals surface area contributed by atoms with Crippen LogP contribution in [0.2, 0.25) is 0 Å². The molecule has 1 rings (SSSR count). The number of nitrogens with zero attached hydrogens (tertiary/aromatic N) is 1. The van der Waals surface area contributed by atoms with Gasteiger partial charge < -0.3 is 4.90 Å². The average Bonchev–Trinajstić information content (AvgIpc) is 2.17. The van der Waals surface area contributed by atoms with Crippen molar-refractivity contribution >= 4 is 5.84 Å². The van der Waals surface area contributed by atoms with E-state index < -0.39 is 0 Å². The van der Waals surface area contributed by atoms with Crippen molar-refractivity contribution in [1.29, 1.82) is 5.41 Å². The average molecular weight is 190 g/mol. The third-order valence-electron chi connectivity index (χ3n) is 2.07. The Bertz CT molecular complexity index is 290. The number of benzene rings is 1. The molecule has 0 aliphatic carbocycles. The monoisotopic (exact) mass is 190 g/mol. The molecule has 14 heavy (non-hydrogen) atoms. The van der Waals surface area contributed by atoms with Gasteiger partial charge in [-0.25, -0.2) is 0 Å². The van der Waals surface area contributed by atoms with E-state index in [1.807, 2.05) is 42.3 Å². The van der Waals surface area contributed by atoms with E-state index in [2.05, 4.69) is 13.8 Å². The molecule has 0 amide bonds. The van der Waals surface area contributed by atoms with Crippen molar-refractivity contribution in [3.05, 3.63) is 35.9 Å². The van der Waals surface area contributed by atoms with Gasteiger partial charge in [0.15, 0.2) is 0 Å². The van der Waals surface area contributed by atoms with E-state index in [-0.39, 0.29) is 0 Å². The summed E-state index contributed by atoms with van der Waals surface area (Å²) in [6.45, 7) is 5.25. The topological polar surface area (TPSA) is 27.1 Å². The molecule has 0 aliphatic rings. The second-order valence-corrected chi connectivity index (χ2v) is 3.99. The van der Waals surface area contributed by atoms with E-state index in [1.165, 1.54) is 0 Å². The van der Waals surface area contributed by atoms with Crippen molar-refractivity contribution < 1.29 is 0 Å². The molecule has 76 valence electrons. The van der Waals surface area contributed by atoms with Gasteiger partial charge in [0.1, 0.15) is 5.84 Å². The summed E-state index contributed by atoms with van der Waals surface area (Å²) in [6, 6.07) is 9.84. The molecule has 1 N–H and O–H groups in total. The van der Waals surface area contributed by atoms with Gasteiger partial charge in [-0.05, 0) is 5.92 Å². The van der Waals surface area contributed by atoms with Gasteiger partial charge in [0.2, 0.25) is 0 Å². The lowest BCUT2D eigenvalue weighted by atomic mass is 10.1. The molecule has 0 unspecified atom stereocenters. The summed E-state index contributed by atoms with van der Waals surface area (Å²) in [4.78, 5) is 1.99. The van der Waals surface area contributed by atoms with Crippen LogP contribution >= 0.6 is 0 Å². The van der Waals surface area contributed by atoms with Crippen molar-refractivity contribution in [3.8, 4) is 0 Å². The highest BCUT2D eigenvalue weighted by atomic mass is 15.1. The minimum atomic E-state index is 0.587.